The van der Waals surface area contributed by atoms with Crippen LogP contribution in [0.5, 0.6) is 0 Å². The van der Waals surface area contributed by atoms with E-state index in [1.807, 2.05) is 0 Å². The fraction of sp³-hybridized carbons (Fsp3) is 0.833. The van der Waals surface area contributed by atoms with E-state index >= 15 is 0 Å². The summed E-state index contributed by atoms with van der Waals surface area (Å²) < 4.78 is 0. The number of carboxylic acids is 1. The molecule has 0 aromatic rings. The van der Waals surface area contributed by atoms with Crippen LogP contribution in [0.4, 0.5) is 0 Å². The predicted octanol–water partition coefficient (Wildman–Crippen LogP) is -9.46. The first-order valence-electron chi connectivity index (χ1n) is 3.37. The third-order valence-electron chi connectivity index (χ3n) is 1.29. The van der Waals surface area contributed by atoms with E-state index in [4.69, 9.17) is 16.6 Å². The van der Waals surface area contributed by atoms with Gasteiger partial charge >= 0.3 is 23.0 Å². The Bertz CT molecular complexity index is 121. The topological polar surface area (TPSA) is 89.3 Å². The first-order chi connectivity index (χ1) is 4.68. The standard InChI is InChI=1S/C6H14N2O2.3ClH.Fe/c7-4-2-1-3-5(8)6(9)10;;;;/h5H,1-4,7-8H2,(H,9,10);3*1H;/q;;;;+3/p-3/t5-;;;;/m0..../s1. The van der Waals surface area contributed by atoms with Crippen LogP contribution in [-0.2, 0) is 21.9 Å². The molecule has 1 radical (unpaired) electrons. The van der Waals surface area contributed by atoms with Gasteiger partial charge in [-0.05, 0) is 19.4 Å². The van der Waals surface area contributed by atoms with Gasteiger partial charge in [0.05, 0.1) is 0 Å². The first kappa shape index (κ1) is 29.3. The van der Waals surface area contributed by atoms with Crippen molar-refractivity contribution >= 4 is 5.97 Å². The molecule has 0 saturated carbocycles. The van der Waals surface area contributed by atoms with E-state index in [2.05, 4.69) is 0 Å². The second-order valence-electron chi connectivity index (χ2n) is 2.23. The van der Waals surface area contributed by atoms with Crippen LogP contribution in [0.3, 0.4) is 0 Å². The van der Waals surface area contributed by atoms with E-state index in [0.29, 0.717) is 13.0 Å². The van der Waals surface area contributed by atoms with E-state index < -0.39 is 12.0 Å². The monoisotopic (exact) mass is 307 g/mol. The van der Waals surface area contributed by atoms with Gasteiger partial charge < -0.3 is 53.8 Å². The minimum absolute atomic E-state index is 0. The third-order valence-corrected chi connectivity index (χ3v) is 1.29. The largest absolute Gasteiger partial charge is 3.00 e. The third kappa shape index (κ3) is 18.5. The van der Waals surface area contributed by atoms with Gasteiger partial charge in [-0.3, -0.25) is 4.79 Å². The van der Waals surface area contributed by atoms with Crippen molar-refractivity contribution in [2.75, 3.05) is 6.54 Å². The van der Waals surface area contributed by atoms with Gasteiger partial charge in [-0.1, -0.05) is 6.42 Å². The van der Waals surface area contributed by atoms with Gasteiger partial charge in [0.1, 0.15) is 6.04 Å². The van der Waals surface area contributed by atoms with Gasteiger partial charge in [-0.15, -0.1) is 0 Å². The molecule has 0 aromatic heterocycles. The summed E-state index contributed by atoms with van der Waals surface area (Å²) in [4.78, 5) is 10.1. The van der Waals surface area contributed by atoms with Crippen molar-refractivity contribution < 1.29 is 64.2 Å². The number of rotatable bonds is 5. The normalized spacial score (nSPS) is 9.29. The molecule has 0 aliphatic carbocycles. The van der Waals surface area contributed by atoms with Crippen LogP contribution in [0.15, 0.2) is 0 Å². The molecular formula is C6H14Cl3FeN2O2. The van der Waals surface area contributed by atoms with Crippen molar-refractivity contribution in [3.8, 4) is 0 Å². The Balaban J connectivity index is -0.0000000675. The molecule has 0 fully saturated rings. The van der Waals surface area contributed by atoms with Crippen molar-refractivity contribution in [1.82, 2.24) is 0 Å². The zero-order valence-electron chi connectivity index (χ0n) is 7.40. The summed E-state index contributed by atoms with van der Waals surface area (Å²) in [6.07, 6.45) is 2.16. The van der Waals surface area contributed by atoms with Gasteiger partial charge in [0.2, 0.25) is 0 Å². The molecule has 0 amide bonds. The summed E-state index contributed by atoms with van der Waals surface area (Å²) >= 11 is 0. The molecule has 14 heavy (non-hydrogen) atoms. The van der Waals surface area contributed by atoms with Crippen LogP contribution in [0, 0.1) is 0 Å². The summed E-state index contributed by atoms with van der Waals surface area (Å²) in [5.74, 6) is -0.933. The number of nitrogens with two attached hydrogens (primary N) is 2. The number of carbonyl (C=O) groups is 1. The van der Waals surface area contributed by atoms with E-state index in [9.17, 15) is 4.79 Å². The Morgan fingerprint density at radius 1 is 1.21 bits per heavy atom. The van der Waals surface area contributed by atoms with E-state index in [1.54, 1.807) is 0 Å². The molecule has 0 bridgehead atoms. The molecule has 0 spiro atoms. The molecule has 5 N–H and O–H groups in total. The summed E-state index contributed by atoms with van der Waals surface area (Å²) in [5, 5.41) is 8.33. The minimum Gasteiger partial charge on any atom is -1.00 e. The number of hydrogen-bond acceptors (Lipinski definition) is 3. The van der Waals surface area contributed by atoms with Crippen LogP contribution in [0.25, 0.3) is 0 Å². The average Bonchev–Trinajstić information content (AvgIpc) is 1.88. The van der Waals surface area contributed by atoms with Gasteiger partial charge in [-0.2, -0.15) is 0 Å². The van der Waals surface area contributed by atoms with Crippen LogP contribution >= 0.6 is 0 Å². The van der Waals surface area contributed by atoms with E-state index in [1.165, 1.54) is 0 Å². The number of hydrogen-bond donors (Lipinski definition) is 3. The zero-order valence-corrected chi connectivity index (χ0v) is 10.8. The molecule has 0 aromatic carbocycles. The Kier molecular flexibility index (Phi) is 40.6. The van der Waals surface area contributed by atoms with Crippen LogP contribution in [0.2, 0.25) is 0 Å². The zero-order chi connectivity index (χ0) is 7.98. The second-order valence-corrected chi connectivity index (χ2v) is 2.23. The van der Waals surface area contributed by atoms with Crippen molar-refractivity contribution in [2.45, 2.75) is 25.3 Å². The molecule has 8 heteroatoms. The molecule has 0 saturated heterocycles. The van der Waals surface area contributed by atoms with Crippen molar-refractivity contribution in [1.29, 1.82) is 0 Å². The van der Waals surface area contributed by atoms with Gasteiger partial charge in [-0.25, -0.2) is 0 Å². The van der Waals surface area contributed by atoms with Crippen molar-refractivity contribution in [2.24, 2.45) is 11.5 Å². The van der Waals surface area contributed by atoms with Crippen molar-refractivity contribution in [3.05, 3.63) is 0 Å². The predicted molar refractivity (Wildman–Crippen MR) is 38.5 cm³/mol. The first-order valence-corrected chi connectivity index (χ1v) is 3.37. The summed E-state index contributed by atoms with van der Waals surface area (Å²) in [6, 6.07) is -0.716. The quantitative estimate of drug-likeness (QED) is 0.348. The van der Waals surface area contributed by atoms with Crippen molar-refractivity contribution in [3.63, 3.8) is 0 Å². The molecule has 0 heterocycles. The number of aliphatic carboxylic acids is 1. The van der Waals surface area contributed by atoms with Gasteiger partial charge in [0.25, 0.3) is 0 Å². The summed E-state index contributed by atoms with van der Waals surface area (Å²) in [5.41, 5.74) is 10.4. The minimum atomic E-state index is -0.933. The Labute approximate surface area is 113 Å². The molecule has 4 nitrogen and oxygen atoms in total. The summed E-state index contributed by atoms with van der Waals surface area (Å²) in [7, 11) is 0. The molecule has 89 valence electrons. The SMILES string of the molecule is NCCCC[C@H](N)C(=O)O.[Cl-].[Cl-].[Cl-].[Fe+3]. The maximum atomic E-state index is 10.1. The Morgan fingerprint density at radius 3 is 1.93 bits per heavy atom. The number of carboxylic acid groups (broad SMARTS) is 1. The number of halogens is 3. The smallest absolute Gasteiger partial charge is 1.00 e. The Hall–Kier alpha value is 0.779. The molecule has 1 atom stereocenters. The molecule has 0 rings (SSSR count). The Morgan fingerprint density at radius 2 is 1.64 bits per heavy atom. The maximum Gasteiger partial charge on any atom is 3.00 e. The maximum absolute atomic E-state index is 10.1. The number of unbranched alkanes of at least 4 members (excludes halogenated alkanes) is 1. The second kappa shape index (κ2) is 19.4. The van der Waals surface area contributed by atoms with Gasteiger partial charge in [0, 0.05) is 0 Å². The van der Waals surface area contributed by atoms with Gasteiger partial charge in [0.15, 0.2) is 0 Å². The fourth-order valence-corrected chi connectivity index (χ4v) is 0.632. The van der Waals surface area contributed by atoms with Crippen LogP contribution in [-0.4, -0.2) is 23.7 Å². The molecule has 0 unspecified atom stereocenters. The van der Waals surface area contributed by atoms with Crippen LogP contribution in [0.1, 0.15) is 19.3 Å². The van der Waals surface area contributed by atoms with E-state index in [-0.39, 0.29) is 54.3 Å². The van der Waals surface area contributed by atoms with E-state index in [0.717, 1.165) is 12.8 Å². The molecule has 0 aliphatic heterocycles. The van der Waals surface area contributed by atoms with Crippen LogP contribution < -0.4 is 48.7 Å². The molecular weight excluding hydrogens is 294 g/mol. The fourth-order valence-electron chi connectivity index (χ4n) is 0.632. The summed E-state index contributed by atoms with van der Waals surface area (Å²) in [6.45, 7) is 0.604. The molecule has 0 aliphatic rings. The average molecular weight is 308 g/mol.